The summed E-state index contributed by atoms with van der Waals surface area (Å²) in [6.45, 7) is 4.92. The summed E-state index contributed by atoms with van der Waals surface area (Å²) >= 11 is 0. The summed E-state index contributed by atoms with van der Waals surface area (Å²) in [7, 11) is 3.50. The van der Waals surface area contributed by atoms with E-state index in [9.17, 15) is 0 Å². The van der Waals surface area contributed by atoms with Gasteiger partial charge in [-0.1, -0.05) is 34.7 Å². The Kier molecular flexibility index (Phi) is 1.75. The second kappa shape index (κ2) is 2.03. The van der Waals surface area contributed by atoms with E-state index in [-0.39, 0.29) is 0 Å². The van der Waals surface area contributed by atoms with Crippen molar-refractivity contribution in [3.8, 4) is 0 Å². The van der Waals surface area contributed by atoms with Crippen LogP contribution in [0.1, 0.15) is 0 Å². The van der Waals surface area contributed by atoms with Gasteiger partial charge in [0.2, 0.25) is 0 Å². The molecule has 1 saturated heterocycles. The number of hydrogen-bond donors (Lipinski definition) is 0. The molecular formula is C4H10S2Si. The quantitative estimate of drug-likeness (QED) is 0.383. The first kappa shape index (κ1) is 6.04. The fourth-order valence-corrected chi connectivity index (χ4v) is 12.0. The molecule has 0 aromatic heterocycles. The fraction of sp³-hybridized carbons (Fsp3) is 1.00. The van der Waals surface area contributed by atoms with Gasteiger partial charge in [0.25, 0.3) is 0 Å². The highest BCUT2D eigenvalue weighted by molar-refractivity contribution is 8.78. The Morgan fingerprint density at radius 3 is 1.71 bits per heavy atom. The predicted molar refractivity (Wildman–Crippen MR) is 42.4 cm³/mol. The summed E-state index contributed by atoms with van der Waals surface area (Å²) in [5, 5.41) is 2.94. The van der Waals surface area contributed by atoms with Gasteiger partial charge in [0.05, 0.1) is 8.07 Å². The van der Waals surface area contributed by atoms with Gasteiger partial charge in [-0.25, -0.2) is 0 Å². The van der Waals surface area contributed by atoms with Gasteiger partial charge in [0.1, 0.15) is 0 Å². The van der Waals surface area contributed by atoms with E-state index in [1.807, 2.05) is 0 Å². The second-order valence-corrected chi connectivity index (χ2v) is 11.2. The standard InChI is InChI=1S/C4H10S2Si/c1-7(2)3-5-6-4-7/h3-4H2,1-2H3. The average Bonchev–Trinajstić information content (AvgIpc) is 1.84. The Morgan fingerprint density at radius 1 is 1.14 bits per heavy atom. The van der Waals surface area contributed by atoms with Gasteiger partial charge in [-0.2, -0.15) is 0 Å². The summed E-state index contributed by atoms with van der Waals surface area (Å²) in [5.41, 5.74) is 0. The van der Waals surface area contributed by atoms with E-state index >= 15 is 0 Å². The molecule has 0 atom stereocenters. The van der Waals surface area contributed by atoms with Crippen LogP contribution in [0, 0.1) is 0 Å². The Bertz CT molecular complexity index is 64.1. The minimum atomic E-state index is -0.614. The van der Waals surface area contributed by atoms with Crippen LogP contribution in [-0.4, -0.2) is 18.8 Å². The lowest BCUT2D eigenvalue weighted by Gasteiger charge is -2.07. The van der Waals surface area contributed by atoms with Crippen molar-refractivity contribution < 1.29 is 0 Å². The molecule has 3 heteroatoms. The second-order valence-electron chi connectivity index (χ2n) is 2.69. The summed E-state index contributed by atoms with van der Waals surface area (Å²) < 4.78 is 0. The molecular weight excluding hydrogens is 140 g/mol. The van der Waals surface area contributed by atoms with E-state index in [0.29, 0.717) is 0 Å². The van der Waals surface area contributed by atoms with Gasteiger partial charge in [-0.05, 0) is 10.8 Å². The molecule has 7 heavy (non-hydrogen) atoms. The molecule has 1 fully saturated rings. The Balaban J connectivity index is 2.40. The lowest BCUT2D eigenvalue weighted by molar-refractivity contribution is 1.67. The van der Waals surface area contributed by atoms with Gasteiger partial charge in [0, 0.05) is 0 Å². The molecule has 1 aliphatic heterocycles. The predicted octanol–water partition coefficient (Wildman–Crippen LogP) is 2.17. The minimum absolute atomic E-state index is 0.614. The maximum Gasteiger partial charge on any atom is 0.0702 e. The molecule has 1 rings (SSSR count). The molecule has 0 N–H and O–H groups in total. The molecule has 0 aromatic rings. The first-order chi connectivity index (χ1) is 3.21. The smallest absolute Gasteiger partial charge is 0.0702 e. The van der Waals surface area contributed by atoms with E-state index in [2.05, 4.69) is 34.7 Å². The molecule has 0 aromatic carbocycles. The maximum absolute atomic E-state index is 2.46. The molecule has 0 spiro atoms. The van der Waals surface area contributed by atoms with Crippen LogP contribution in [0.15, 0.2) is 0 Å². The summed E-state index contributed by atoms with van der Waals surface area (Å²) in [5.74, 6) is 0. The van der Waals surface area contributed by atoms with E-state index in [4.69, 9.17) is 0 Å². The van der Waals surface area contributed by atoms with Crippen molar-refractivity contribution in [2.45, 2.75) is 13.1 Å². The van der Waals surface area contributed by atoms with Crippen LogP contribution >= 0.6 is 21.6 Å². The van der Waals surface area contributed by atoms with E-state index in [0.717, 1.165) is 0 Å². The molecule has 0 saturated carbocycles. The molecule has 1 heterocycles. The van der Waals surface area contributed by atoms with Crippen LogP contribution in [0.4, 0.5) is 0 Å². The zero-order valence-electron chi connectivity index (χ0n) is 4.73. The Hall–Kier alpha value is 0.917. The van der Waals surface area contributed by atoms with Crippen LogP contribution in [0.5, 0.6) is 0 Å². The van der Waals surface area contributed by atoms with Gasteiger partial charge < -0.3 is 0 Å². The lowest BCUT2D eigenvalue weighted by atomic mass is 11.7. The highest BCUT2D eigenvalue weighted by atomic mass is 33.1. The third-order valence-corrected chi connectivity index (χ3v) is 11.0. The van der Waals surface area contributed by atoms with Crippen molar-refractivity contribution in [1.82, 2.24) is 0 Å². The molecule has 42 valence electrons. The normalized spacial score (nSPS) is 28.3. The van der Waals surface area contributed by atoms with Gasteiger partial charge in [0.15, 0.2) is 0 Å². The molecule has 0 aliphatic carbocycles. The SMILES string of the molecule is C[Si]1(C)CSSC1. The summed E-state index contributed by atoms with van der Waals surface area (Å²) in [6.07, 6.45) is 0. The van der Waals surface area contributed by atoms with Crippen molar-refractivity contribution >= 4 is 29.7 Å². The van der Waals surface area contributed by atoms with Crippen LogP contribution in [-0.2, 0) is 0 Å². The third-order valence-electron chi connectivity index (χ3n) is 0.983. The molecule has 0 nitrogen and oxygen atoms in total. The van der Waals surface area contributed by atoms with Crippen LogP contribution < -0.4 is 0 Å². The Labute approximate surface area is 53.9 Å². The van der Waals surface area contributed by atoms with Gasteiger partial charge in [-0.15, -0.1) is 0 Å². The monoisotopic (exact) mass is 150 g/mol. The zero-order valence-corrected chi connectivity index (χ0v) is 7.36. The average molecular weight is 150 g/mol. The van der Waals surface area contributed by atoms with Crippen molar-refractivity contribution in [3.05, 3.63) is 0 Å². The molecule has 0 amide bonds. The first-order valence-electron chi connectivity index (χ1n) is 2.45. The third kappa shape index (κ3) is 1.70. The van der Waals surface area contributed by atoms with E-state index < -0.39 is 8.07 Å². The summed E-state index contributed by atoms with van der Waals surface area (Å²) in [6, 6.07) is 0. The minimum Gasteiger partial charge on any atom is -0.0975 e. The molecule has 0 unspecified atom stereocenters. The largest absolute Gasteiger partial charge is 0.0975 e. The van der Waals surface area contributed by atoms with Crippen molar-refractivity contribution in [2.24, 2.45) is 0 Å². The van der Waals surface area contributed by atoms with Gasteiger partial charge in [-0.3, -0.25) is 0 Å². The zero-order chi connectivity index (χ0) is 5.33. The van der Waals surface area contributed by atoms with Crippen LogP contribution in [0.2, 0.25) is 13.1 Å². The Morgan fingerprint density at radius 2 is 1.57 bits per heavy atom. The lowest BCUT2D eigenvalue weighted by Crippen LogP contribution is -2.28. The van der Waals surface area contributed by atoms with Crippen molar-refractivity contribution in [1.29, 1.82) is 0 Å². The van der Waals surface area contributed by atoms with Crippen LogP contribution in [0.25, 0.3) is 0 Å². The summed E-state index contributed by atoms with van der Waals surface area (Å²) in [4.78, 5) is 0. The molecule has 0 bridgehead atoms. The highest BCUT2D eigenvalue weighted by Gasteiger charge is 2.26. The van der Waals surface area contributed by atoms with Crippen molar-refractivity contribution in [2.75, 3.05) is 10.8 Å². The molecule has 1 aliphatic rings. The van der Waals surface area contributed by atoms with E-state index in [1.165, 1.54) is 10.8 Å². The van der Waals surface area contributed by atoms with E-state index in [1.54, 1.807) is 0 Å². The fourth-order valence-electron chi connectivity index (χ4n) is 0.444. The maximum atomic E-state index is 2.46. The number of hydrogen-bond acceptors (Lipinski definition) is 2. The van der Waals surface area contributed by atoms with Crippen LogP contribution in [0.3, 0.4) is 0 Å². The number of rotatable bonds is 0. The van der Waals surface area contributed by atoms with Crippen molar-refractivity contribution in [3.63, 3.8) is 0 Å². The topological polar surface area (TPSA) is 0 Å². The highest BCUT2D eigenvalue weighted by Crippen LogP contribution is 2.35. The molecule has 0 radical (unpaired) electrons. The van der Waals surface area contributed by atoms with Gasteiger partial charge >= 0.3 is 0 Å². The first-order valence-corrected chi connectivity index (χ1v) is 8.35.